The van der Waals surface area contributed by atoms with E-state index in [9.17, 15) is 0 Å². The van der Waals surface area contributed by atoms with E-state index in [4.69, 9.17) is 5.73 Å². The molecule has 2 rings (SSSR count). The molecule has 0 aliphatic heterocycles. The van der Waals surface area contributed by atoms with Crippen molar-refractivity contribution in [3.8, 4) is 5.69 Å². The van der Waals surface area contributed by atoms with Gasteiger partial charge in [0.05, 0.1) is 17.6 Å². The number of unbranched alkanes of at least 4 members (excludes halogenated alkanes) is 1. The second-order valence-electron chi connectivity index (χ2n) is 4.82. The van der Waals surface area contributed by atoms with Crippen LogP contribution in [0.25, 0.3) is 5.69 Å². The number of hydrogen-bond acceptors (Lipinski definition) is 3. The van der Waals surface area contributed by atoms with E-state index in [2.05, 4.69) is 41.5 Å². The number of aromatic nitrogens is 3. The molecule has 0 aliphatic rings. The summed E-state index contributed by atoms with van der Waals surface area (Å²) < 4.78 is 1.84. The molecule has 0 amide bonds. The van der Waals surface area contributed by atoms with Crippen LogP contribution in [0.5, 0.6) is 0 Å². The van der Waals surface area contributed by atoms with Gasteiger partial charge in [-0.3, -0.25) is 0 Å². The highest BCUT2D eigenvalue weighted by atomic mass is 15.4. The van der Waals surface area contributed by atoms with Crippen molar-refractivity contribution in [1.29, 1.82) is 0 Å². The van der Waals surface area contributed by atoms with Crippen LogP contribution in [0.1, 0.15) is 37.4 Å². The number of nitrogens with zero attached hydrogens (tertiary/aromatic N) is 3. The lowest BCUT2D eigenvalue weighted by Crippen LogP contribution is -1.99. The van der Waals surface area contributed by atoms with Crippen LogP contribution in [-0.2, 0) is 12.8 Å². The lowest BCUT2D eigenvalue weighted by Gasteiger charge is -2.02. The summed E-state index contributed by atoms with van der Waals surface area (Å²) in [4.78, 5) is 0. The molecule has 0 unspecified atom stereocenters. The van der Waals surface area contributed by atoms with Crippen molar-refractivity contribution < 1.29 is 0 Å². The quantitative estimate of drug-likeness (QED) is 0.776. The maximum absolute atomic E-state index is 5.49. The first-order chi connectivity index (χ1) is 9.33. The molecule has 2 N–H and O–H groups in total. The average Bonchev–Trinajstić information content (AvgIpc) is 2.89. The summed E-state index contributed by atoms with van der Waals surface area (Å²) >= 11 is 0. The summed E-state index contributed by atoms with van der Waals surface area (Å²) in [6, 6.07) is 8.52. The molecular formula is C15H22N4. The van der Waals surface area contributed by atoms with Crippen molar-refractivity contribution in [3.63, 3.8) is 0 Å². The average molecular weight is 258 g/mol. The fourth-order valence-corrected chi connectivity index (χ4v) is 2.09. The van der Waals surface area contributed by atoms with Crippen molar-refractivity contribution in [1.82, 2.24) is 15.0 Å². The van der Waals surface area contributed by atoms with Crippen molar-refractivity contribution in [3.05, 3.63) is 41.7 Å². The smallest absolute Gasteiger partial charge is 0.0831 e. The lowest BCUT2D eigenvalue weighted by molar-refractivity contribution is 0.727. The van der Waals surface area contributed by atoms with Crippen LogP contribution in [0, 0.1) is 0 Å². The summed E-state index contributed by atoms with van der Waals surface area (Å²) in [5.41, 5.74) is 8.96. The van der Waals surface area contributed by atoms with Crippen LogP contribution in [0.15, 0.2) is 30.5 Å². The number of rotatable bonds is 7. The van der Waals surface area contributed by atoms with E-state index in [1.807, 2.05) is 10.9 Å². The van der Waals surface area contributed by atoms with E-state index >= 15 is 0 Å². The Morgan fingerprint density at radius 3 is 2.58 bits per heavy atom. The van der Waals surface area contributed by atoms with E-state index in [-0.39, 0.29) is 0 Å². The van der Waals surface area contributed by atoms with Crippen LogP contribution in [0.4, 0.5) is 0 Å². The summed E-state index contributed by atoms with van der Waals surface area (Å²) in [5.74, 6) is 0. The molecule has 0 radical (unpaired) electrons. The van der Waals surface area contributed by atoms with Crippen LogP contribution in [-0.4, -0.2) is 21.5 Å². The molecule has 4 nitrogen and oxygen atoms in total. The Morgan fingerprint density at radius 1 is 1.11 bits per heavy atom. The first kappa shape index (κ1) is 13.7. The highest BCUT2D eigenvalue weighted by Gasteiger charge is 2.02. The maximum Gasteiger partial charge on any atom is 0.0831 e. The Bertz CT molecular complexity index is 487. The van der Waals surface area contributed by atoms with E-state index in [0.717, 1.165) is 43.6 Å². The minimum Gasteiger partial charge on any atom is -0.330 e. The molecule has 0 spiro atoms. The van der Waals surface area contributed by atoms with Crippen LogP contribution in [0.2, 0.25) is 0 Å². The largest absolute Gasteiger partial charge is 0.330 e. The first-order valence-electron chi connectivity index (χ1n) is 7.04. The molecule has 2 aromatic rings. The summed E-state index contributed by atoms with van der Waals surface area (Å²) in [6.07, 6.45) is 7.37. The van der Waals surface area contributed by atoms with Crippen molar-refractivity contribution in [2.24, 2.45) is 5.73 Å². The Hall–Kier alpha value is -1.68. The summed E-state index contributed by atoms with van der Waals surface area (Å²) in [7, 11) is 0. The third-order valence-electron chi connectivity index (χ3n) is 3.17. The van der Waals surface area contributed by atoms with Gasteiger partial charge in [-0.2, -0.15) is 0 Å². The van der Waals surface area contributed by atoms with Gasteiger partial charge in [-0.25, -0.2) is 4.68 Å². The minimum absolute atomic E-state index is 0.743. The van der Waals surface area contributed by atoms with Crippen LogP contribution in [0.3, 0.4) is 0 Å². The van der Waals surface area contributed by atoms with Crippen molar-refractivity contribution >= 4 is 0 Å². The predicted octanol–water partition coefficient (Wildman–Crippen LogP) is 2.50. The molecule has 0 atom stereocenters. The molecule has 0 aliphatic carbocycles. The molecule has 0 saturated carbocycles. The fraction of sp³-hybridized carbons (Fsp3) is 0.467. The maximum atomic E-state index is 5.49. The third kappa shape index (κ3) is 3.89. The van der Waals surface area contributed by atoms with Gasteiger partial charge in [0.1, 0.15) is 0 Å². The fourth-order valence-electron chi connectivity index (χ4n) is 2.09. The number of benzene rings is 1. The molecule has 0 saturated heterocycles. The molecule has 1 heterocycles. The van der Waals surface area contributed by atoms with Crippen molar-refractivity contribution in [2.75, 3.05) is 6.54 Å². The standard InChI is InChI=1S/C15H22N4/c1-2-5-13-7-9-15(10-8-13)19-12-14(17-18-19)6-3-4-11-16/h7-10,12H,2-6,11,16H2,1H3. The highest BCUT2D eigenvalue weighted by molar-refractivity contribution is 5.33. The van der Waals surface area contributed by atoms with Gasteiger partial charge in [-0.15, -0.1) is 5.10 Å². The third-order valence-corrected chi connectivity index (χ3v) is 3.17. The molecule has 0 fully saturated rings. The second-order valence-corrected chi connectivity index (χ2v) is 4.82. The van der Waals surface area contributed by atoms with Gasteiger partial charge in [0.15, 0.2) is 0 Å². The minimum atomic E-state index is 0.743. The zero-order chi connectivity index (χ0) is 13.5. The Kier molecular flexibility index (Phi) is 5.10. The second kappa shape index (κ2) is 7.04. The van der Waals surface area contributed by atoms with Gasteiger partial charge < -0.3 is 5.73 Å². The molecule has 4 heteroatoms. The van der Waals surface area contributed by atoms with E-state index in [1.165, 1.54) is 12.0 Å². The normalized spacial score (nSPS) is 10.8. The molecule has 0 bridgehead atoms. The number of hydrogen-bond donors (Lipinski definition) is 1. The number of nitrogens with two attached hydrogens (primary N) is 1. The number of aryl methyl sites for hydroxylation is 2. The Morgan fingerprint density at radius 2 is 1.89 bits per heavy atom. The van der Waals surface area contributed by atoms with Gasteiger partial charge in [0.25, 0.3) is 0 Å². The van der Waals surface area contributed by atoms with Gasteiger partial charge in [-0.1, -0.05) is 30.7 Å². The predicted molar refractivity (Wildman–Crippen MR) is 77.3 cm³/mol. The highest BCUT2D eigenvalue weighted by Crippen LogP contribution is 2.11. The van der Waals surface area contributed by atoms with E-state index in [1.54, 1.807) is 0 Å². The van der Waals surface area contributed by atoms with Gasteiger partial charge in [-0.05, 0) is 49.9 Å². The van der Waals surface area contributed by atoms with Crippen LogP contribution >= 0.6 is 0 Å². The Balaban J connectivity index is 2.01. The molecule has 19 heavy (non-hydrogen) atoms. The Labute approximate surface area is 114 Å². The van der Waals surface area contributed by atoms with Gasteiger partial charge in [0, 0.05) is 0 Å². The monoisotopic (exact) mass is 258 g/mol. The summed E-state index contributed by atoms with van der Waals surface area (Å²) in [6.45, 7) is 2.94. The summed E-state index contributed by atoms with van der Waals surface area (Å²) in [5, 5.41) is 8.37. The molecule has 1 aromatic carbocycles. The molecular weight excluding hydrogens is 236 g/mol. The van der Waals surface area contributed by atoms with Gasteiger partial charge >= 0.3 is 0 Å². The van der Waals surface area contributed by atoms with E-state index < -0.39 is 0 Å². The molecule has 1 aromatic heterocycles. The topological polar surface area (TPSA) is 56.7 Å². The lowest BCUT2D eigenvalue weighted by atomic mass is 10.1. The SMILES string of the molecule is CCCc1ccc(-n2cc(CCCCN)nn2)cc1. The first-order valence-corrected chi connectivity index (χ1v) is 7.04. The zero-order valence-electron chi connectivity index (χ0n) is 11.5. The zero-order valence-corrected chi connectivity index (χ0v) is 11.5. The van der Waals surface area contributed by atoms with Crippen LogP contribution < -0.4 is 5.73 Å². The molecule has 102 valence electrons. The van der Waals surface area contributed by atoms with E-state index in [0.29, 0.717) is 0 Å². The van der Waals surface area contributed by atoms with Gasteiger partial charge in [0.2, 0.25) is 0 Å². The van der Waals surface area contributed by atoms with Crippen molar-refractivity contribution in [2.45, 2.75) is 39.0 Å².